The van der Waals surface area contributed by atoms with Gasteiger partial charge in [-0.3, -0.25) is 9.59 Å². The van der Waals surface area contributed by atoms with E-state index in [2.05, 4.69) is 10.2 Å². The molecule has 0 saturated carbocycles. The van der Waals surface area contributed by atoms with Crippen molar-refractivity contribution in [3.8, 4) is 0 Å². The molecule has 7 heteroatoms. The molecule has 4 rings (SSSR count). The Balaban J connectivity index is 1.57. The van der Waals surface area contributed by atoms with Crippen molar-refractivity contribution < 1.29 is 9.59 Å². The fourth-order valence-electron chi connectivity index (χ4n) is 3.87. The van der Waals surface area contributed by atoms with Crippen LogP contribution in [-0.4, -0.2) is 29.8 Å². The van der Waals surface area contributed by atoms with Crippen molar-refractivity contribution in [1.82, 2.24) is 4.90 Å². The Morgan fingerprint density at radius 2 is 1.85 bits per heavy atom. The van der Waals surface area contributed by atoms with Crippen molar-refractivity contribution >= 4 is 46.4 Å². The van der Waals surface area contributed by atoms with Gasteiger partial charge in [0.1, 0.15) is 0 Å². The predicted octanol–water partition coefficient (Wildman–Crippen LogP) is 4.67. The maximum atomic E-state index is 12.8. The van der Waals surface area contributed by atoms with Crippen LogP contribution in [0.15, 0.2) is 36.4 Å². The molecule has 0 bridgehead atoms. The van der Waals surface area contributed by atoms with Crippen molar-refractivity contribution in [3.05, 3.63) is 69.0 Å². The van der Waals surface area contributed by atoms with Gasteiger partial charge in [-0.1, -0.05) is 35.3 Å². The van der Waals surface area contributed by atoms with Gasteiger partial charge in [0.2, 0.25) is 5.91 Å². The third-order valence-electron chi connectivity index (χ3n) is 5.40. The van der Waals surface area contributed by atoms with Crippen LogP contribution in [0, 0.1) is 6.57 Å². The van der Waals surface area contributed by atoms with Gasteiger partial charge < -0.3 is 10.2 Å². The van der Waals surface area contributed by atoms with E-state index in [0.29, 0.717) is 47.2 Å². The summed E-state index contributed by atoms with van der Waals surface area (Å²) in [6, 6.07) is 10.1. The lowest BCUT2D eigenvalue weighted by molar-refractivity contribution is -0.122. The summed E-state index contributed by atoms with van der Waals surface area (Å²) in [5.41, 5.74) is 1.94. The largest absolute Gasteiger partial charge is 0.339 e. The molecule has 0 aliphatic carbocycles. The minimum absolute atomic E-state index is 0.0544. The number of carbonyl (C=O) groups excluding carboxylic acids is 2. The maximum Gasteiger partial charge on any atom is 0.253 e. The molecule has 0 atom stereocenters. The Morgan fingerprint density at radius 3 is 2.52 bits per heavy atom. The Hall–Kier alpha value is -2.55. The van der Waals surface area contributed by atoms with Gasteiger partial charge in [-0.05, 0) is 42.7 Å². The number of benzene rings is 2. The smallest absolute Gasteiger partial charge is 0.253 e. The highest BCUT2D eigenvalue weighted by molar-refractivity contribution is 6.42. The molecule has 1 fully saturated rings. The standard InChI is InChI=1S/C20H15Cl2N3O2/c1-23-13-3-5-17-14(11-13)20(19(27)24-17)6-8-25(9-7-20)18(26)12-2-4-15(21)16(22)10-12/h2-5,10-11H,6-9H2,(H,24,27). The number of hydrogen-bond donors (Lipinski definition) is 1. The summed E-state index contributed by atoms with van der Waals surface area (Å²) in [5, 5.41) is 3.66. The van der Waals surface area contributed by atoms with Gasteiger partial charge in [0.15, 0.2) is 5.69 Å². The average Bonchev–Trinajstić information content (AvgIpc) is 2.95. The summed E-state index contributed by atoms with van der Waals surface area (Å²) < 4.78 is 0. The molecule has 136 valence electrons. The number of amides is 2. The predicted molar refractivity (Wildman–Crippen MR) is 105 cm³/mol. The second-order valence-corrected chi connectivity index (χ2v) is 7.61. The molecular weight excluding hydrogens is 385 g/mol. The lowest BCUT2D eigenvalue weighted by atomic mass is 9.73. The Morgan fingerprint density at radius 1 is 1.11 bits per heavy atom. The van der Waals surface area contributed by atoms with E-state index in [9.17, 15) is 9.59 Å². The van der Waals surface area contributed by atoms with Crippen LogP contribution >= 0.6 is 23.2 Å². The molecule has 1 saturated heterocycles. The van der Waals surface area contributed by atoms with Crippen molar-refractivity contribution in [2.24, 2.45) is 0 Å². The monoisotopic (exact) mass is 399 g/mol. The Labute approximate surface area is 166 Å². The molecule has 2 aromatic carbocycles. The molecule has 1 spiro atoms. The molecule has 0 aromatic heterocycles. The normalized spacial score (nSPS) is 17.4. The highest BCUT2D eigenvalue weighted by Gasteiger charge is 2.48. The number of fused-ring (bicyclic) bond motifs is 2. The Bertz CT molecular complexity index is 1000. The minimum Gasteiger partial charge on any atom is -0.339 e. The fraction of sp³-hybridized carbons (Fsp3) is 0.250. The zero-order valence-corrected chi connectivity index (χ0v) is 15.8. The van der Waals surface area contributed by atoms with E-state index in [1.54, 1.807) is 41.3 Å². The first-order valence-electron chi connectivity index (χ1n) is 8.52. The van der Waals surface area contributed by atoms with E-state index >= 15 is 0 Å². The van der Waals surface area contributed by atoms with E-state index < -0.39 is 5.41 Å². The molecule has 1 N–H and O–H groups in total. The number of hydrogen-bond acceptors (Lipinski definition) is 2. The number of likely N-dealkylation sites (tertiary alicyclic amines) is 1. The molecule has 5 nitrogen and oxygen atoms in total. The molecule has 2 heterocycles. The van der Waals surface area contributed by atoms with Gasteiger partial charge in [-0.2, -0.15) is 0 Å². The molecule has 0 radical (unpaired) electrons. The number of carbonyl (C=O) groups is 2. The van der Waals surface area contributed by atoms with Crippen LogP contribution in [0.5, 0.6) is 0 Å². The summed E-state index contributed by atoms with van der Waals surface area (Å²) in [4.78, 5) is 30.7. The molecule has 27 heavy (non-hydrogen) atoms. The quantitative estimate of drug-likeness (QED) is 0.708. The average molecular weight is 400 g/mol. The zero-order valence-electron chi connectivity index (χ0n) is 14.3. The summed E-state index contributed by atoms with van der Waals surface area (Å²) in [5.74, 6) is -0.182. The van der Waals surface area contributed by atoms with Gasteiger partial charge in [-0.25, -0.2) is 4.85 Å². The van der Waals surface area contributed by atoms with Crippen LogP contribution in [0.1, 0.15) is 28.8 Å². The first kappa shape index (κ1) is 17.8. The van der Waals surface area contributed by atoms with E-state index in [-0.39, 0.29) is 11.8 Å². The summed E-state index contributed by atoms with van der Waals surface area (Å²) in [6.45, 7) is 8.13. The summed E-state index contributed by atoms with van der Waals surface area (Å²) in [7, 11) is 0. The first-order chi connectivity index (χ1) is 12.9. The number of rotatable bonds is 1. The van der Waals surface area contributed by atoms with E-state index in [1.807, 2.05) is 0 Å². The molecule has 2 aromatic rings. The summed E-state index contributed by atoms with van der Waals surface area (Å²) >= 11 is 11.9. The number of piperidine rings is 1. The second-order valence-electron chi connectivity index (χ2n) is 6.80. The minimum atomic E-state index is -0.676. The molecule has 2 aliphatic rings. The van der Waals surface area contributed by atoms with E-state index in [4.69, 9.17) is 29.8 Å². The van der Waals surface area contributed by atoms with Crippen LogP contribution in [0.3, 0.4) is 0 Å². The number of anilines is 1. The molecule has 2 aliphatic heterocycles. The van der Waals surface area contributed by atoms with E-state index in [1.165, 1.54) is 0 Å². The Kier molecular flexibility index (Phi) is 4.33. The third-order valence-corrected chi connectivity index (χ3v) is 6.14. The lowest BCUT2D eigenvalue weighted by Gasteiger charge is -2.38. The summed E-state index contributed by atoms with van der Waals surface area (Å²) in [6.07, 6.45) is 1.03. The van der Waals surface area contributed by atoms with Gasteiger partial charge in [0.05, 0.1) is 22.0 Å². The fourth-order valence-corrected chi connectivity index (χ4v) is 4.17. The second kappa shape index (κ2) is 6.56. The molecular formula is C20H15Cl2N3O2. The van der Waals surface area contributed by atoms with Crippen molar-refractivity contribution in [2.45, 2.75) is 18.3 Å². The zero-order chi connectivity index (χ0) is 19.2. The topological polar surface area (TPSA) is 53.8 Å². The lowest BCUT2D eigenvalue weighted by Crippen LogP contribution is -2.48. The number of nitrogens with zero attached hydrogens (tertiary/aromatic N) is 2. The van der Waals surface area contributed by atoms with Crippen molar-refractivity contribution in [2.75, 3.05) is 18.4 Å². The van der Waals surface area contributed by atoms with Crippen molar-refractivity contribution in [3.63, 3.8) is 0 Å². The van der Waals surface area contributed by atoms with Crippen molar-refractivity contribution in [1.29, 1.82) is 0 Å². The van der Waals surface area contributed by atoms with E-state index in [0.717, 1.165) is 11.3 Å². The van der Waals surface area contributed by atoms with Gasteiger partial charge in [0, 0.05) is 24.3 Å². The third kappa shape index (κ3) is 2.86. The number of halogens is 2. The van der Waals surface area contributed by atoms with Crippen LogP contribution in [0.25, 0.3) is 4.85 Å². The van der Waals surface area contributed by atoms with Crippen LogP contribution < -0.4 is 5.32 Å². The van der Waals surface area contributed by atoms with Crippen LogP contribution in [0.2, 0.25) is 10.0 Å². The van der Waals surface area contributed by atoms with Crippen LogP contribution in [-0.2, 0) is 10.2 Å². The van der Waals surface area contributed by atoms with Gasteiger partial charge >= 0.3 is 0 Å². The molecule has 0 unspecified atom stereocenters. The number of nitrogens with one attached hydrogen (secondary N) is 1. The highest BCUT2D eigenvalue weighted by Crippen LogP contribution is 2.46. The van der Waals surface area contributed by atoms with Gasteiger partial charge in [0.25, 0.3) is 5.91 Å². The molecule has 2 amide bonds. The highest BCUT2D eigenvalue weighted by atomic mass is 35.5. The SMILES string of the molecule is [C-]#[N+]c1ccc2c(c1)C1(CCN(C(=O)c3ccc(Cl)c(Cl)c3)CC1)C(=O)N2. The van der Waals surface area contributed by atoms with Crippen LogP contribution in [0.4, 0.5) is 11.4 Å². The van der Waals surface area contributed by atoms with Gasteiger partial charge in [-0.15, -0.1) is 0 Å². The maximum absolute atomic E-state index is 12.8. The first-order valence-corrected chi connectivity index (χ1v) is 9.28.